The van der Waals surface area contributed by atoms with Gasteiger partial charge in [-0.25, -0.2) is 0 Å². The largest absolute Gasteiger partial charge is 0.342 e. The van der Waals surface area contributed by atoms with Crippen LogP contribution >= 0.6 is 11.6 Å². The van der Waals surface area contributed by atoms with Gasteiger partial charge in [-0.2, -0.15) is 0 Å². The van der Waals surface area contributed by atoms with Crippen molar-refractivity contribution >= 4 is 23.4 Å². The molecule has 2 fully saturated rings. The van der Waals surface area contributed by atoms with E-state index in [4.69, 9.17) is 11.6 Å². The molecule has 2 aliphatic heterocycles. The number of amides is 2. The molecule has 5 heteroatoms. The smallest absolute Gasteiger partial charge is 0.253 e. The molecule has 0 N–H and O–H groups in total. The van der Waals surface area contributed by atoms with Crippen molar-refractivity contribution in [2.75, 3.05) is 26.2 Å². The van der Waals surface area contributed by atoms with E-state index in [1.54, 1.807) is 24.3 Å². The van der Waals surface area contributed by atoms with Crippen LogP contribution in [0.4, 0.5) is 0 Å². The number of benzene rings is 1. The van der Waals surface area contributed by atoms with Crippen LogP contribution in [0.5, 0.6) is 0 Å². The Balaban J connectivity index is 1.52. The third kappa shape index (κ3) is 3.92. The van der Waals surface area contributed by atoms with E-state index in [0.29, 0.717) is 29.6 Å². The Morgan fingerprint density at radius 3 is 2.04 bits per heavy atom. The minimum atomic E-state index is 0.0318. The lowest BCUT2D eigenvalue weighted by molar-refractivity contribution is -0.138. The van der Waals surface area contributed by atoms with E-state index in [2.05, 4.69) is 6.92 Å². The van der Waals surface area contributed by atoms with E-state index in [0.717, 1.165) is 44.7 Å². The van der Waals surface area contributed by atoms with Crippen LogP contribution in [0, 0.1) is 11.8 Å². The van der Waals surface area contributed by atoms with Gasteiger partial charge < -0.3 is 9.80 Å². The van der Waals surface area contributed by atoms with E-state index < -0.39 is 0 Å². The van der Waals surface area contributed by atoms with Gasteiger partial charge in [-0.05, 0) is 55.9 Å². The number of hydrogen-bond donors (Lipinski definition) is 0. The van der Waals surface area contributed by atoms with Crippen molar-refractivity contribution < 1.29 is 9.59 Å². The third-order valence-electron chi connectivity index (χ3n) is 5.32. The van der Waals surface area contributed by atoms with Crippen LogP contribution in [0.2, 0.25) is 5.02 Å². The highest BCUT2D eigenvalue weighted by atomic mass is 35.5. The molecule has 2 saturated heterocycles. The van der Waals surface area contributed by atoms with E-state index in [9.17, 15) is 9.59 Å². The lowest BCUT2D eigenvalue weighted by atomic mass is 9.92. The molecule has 0 aromatic heterocycles. The third-order valence-corrected chi connectivity index (χ3v) is 5.57. The van der Waals surface area contributed by atoms with Crippen LogP contribution in [-0.2, 0) is 4.79 Å². The summed E-state index contributed by atoms with van der Waals surface area (Å²) in [6.07, 6.45) is 3.76. The van der Waals surface area contributed by atoms with Crippen LogP contribution < -0.4 is 0 Å². The number of likely N-dealkylation sites (tertiary alicyclic amines) is 2. The summed E-state index contributed by atoms with van der Waals surface area (Å²) >= 11 is 5.87. The lowest BCUT2D eigenvalue weighted by Gasteiger charge is -2.36. The van der Waals surface area contributed by atoms with Gasteiger partial charge in [0.2, 0.25) is 5.91 Å². The van der Waals surface area contributed by atoms with Crippen molar-refractivity contribution in [2.45, 2.75) is 32.6 Å². The molecule has 0 atom stereocenters. The second-order valence-corrected chi connectivity index (χ2v) is 7.52. The van der Waals surface area contributed by atoms with Crippen LogP contribution in [0.15, 0.2) is 24.3 Å². The summed E-state index contributed by atoms with van der Waals surface area (Å²) in [5, 5.41) is 0.631. The summed E-state index contributed by atoms with van der Waals surface area (Å²) in [4.78, 5) is 29.0. The maximum atomic E-state index is 12.7. The Morgan fingerprint density at radius 2 is 1.46 bits per heavy atom. The predicted octanol–water partition coefficient (Wildman–Crippen LogP) is 3.45. The number of piperidine rings is 2. The number of carbonyl (C=O) groups excluding carboxylic acids is 2. The Labute approximate surface area is 148 Å². The standard InChI is InChI=1S/C19H25ClN2O2/c1-14-6-10-21(11-7-14)19(24)16-8-12-22(13-9-16)18(23)15-2-4-17(20)5-3-15/h2-5,14,16H,6-13H2,1H3. The van der Waals surface area contributed by atoms with E-state index in [-0.39, 0.29) is 11.8 Å². The highest BCUT2D eigenvalue weighted by molar-refractivity contribution is 6.30. The molecule has 2 heterocycles. The molecular weight excluding hydrogens is 324 g/mol. The number of halogens is 1. The molecule has 4 nitrogen and oxygen atoms in total. The summed E-state index contributed by atoms with van der Waals surface area (Å²) in [5.41, 5.74) is 0.661. The normalized spacial score (nSPS) is 20.2. The Kier molecular flexibility index (Phi) is 5.44. The Morgan fingerprint density at radius 1 is 0.917 bits per heavy atom. The molecule has 3 rings (SSSR count). The number of rotatable bonds is 2. The summed E-state index contributed by atoms with van der Waals surface area (Å²) in [6, 6.07) is 7.00. The Hall–Kier alpha value is -1.55. The van der Waals surface area contributed by atoms with Gasteiger partial charge in [0.1, 0.15) is 0 Å². The van der Waals surface area contributed by atoms with Gasteiger partial charge in [0, 0.05) is 42.7 Å². The molecule has 1 aromatic carbocycles. The molecular formula is C19H25ClN2O2. The van der Waals surface area contributed by atoms with E-state index in [1.165, 1.54) is 0 Å². The monoisotopic (exact) mass is 348 g/mol. The molecule has 0 radical (unpaired) electrons. The highest BCUT2D eigenvalue weighted by Crippen LogP contribution is 2.24. The quantitative estimate of drug-likeness (QED) is 0.821. The van der Waals surface area contributed by atoms with Gasteiger partial charge in [0.05, 0.1) is 0 Å². The van der Waals surface area contributed by atoms with E-state index >= 15 is 0 Å². The molecule has 24 heavy (non-hydrogen) atoms. The van der Waals surface area contributed by atoms with Gasteiger partial charge in [-0.3, -0.25) is 9.59 Å². The van der Waals surface area contributed by atoms with Crippen molar-refractivity contribution in [3.63, 3.8) is 0 Å². The zero-order chi connectivity index (χ0) is 17.1. The molecule has 0 saturated carbocycles. The number of carbonyl (C=O) groups is 2. The first kappa shape index (κ1) is 17.3. The average Bonchev–Trinajstić information content (AvgIpc) is 2.62. The van der Waals surface area contributed by atoms with Crippen molar-refractivity contribution in [2.24, 2.45) is 11.8 Å². The fourth-order valence-electron chi connectivity index (χ4n) is 3.59. The first-order chi connectivity index (χ1) is 11.5. The van der Waals surface area contributed by atoms with Crippen molar-refractivity contribution in [1.82, 2.24) is 9.80 Å². The number of nitrogens with zero attached hydrogens (tertiary/aromatic N) is 2. The summed E-state index contributed by atoms with van der Waals surface area (Å²) in [5.74, 6) is 1.13. The van der Waals surface area contributed by atoms with Crippen LogP contribution in [0.25, 0.3) is 0 Å². The highest BCUT2D eigenvalue weighted by Gasteiger charge is 2.31. The second-order valence-electron chi connectivity index (χ2n) is 7.08. The number of hydrogen-bond acceptors (Lipinski definition) is 2. The molecule has 0 spiro atoms. The van der Waals surface area contributed by atoms with Gasteiger partial charge >= 0.3 is 0 Å². The summed E-state index contributed by atoms with van der Waals surface area (Å²) in [6.45, 7) is 5.35. The first-order valence-electron chi connectivity index (χ1n) is 8.88. The predicted molar refractivity (Wildman–Crippen MR) is 95.1 cm³/mol. The van der Waals surface area contributed by atoms with Crippen molar-refractivity contribution in [3.05, 3.63) is 34.9 Å². The second kappa shape index (κ2) is 7.56. The average molecular weight is 349 g/mol. The zero-order valence-corrected chi connectivity index (χ0v) is 15.0. The van der Waals surface area contributed by atoms with Gasteiger partial charge in [-0.1, -0.05) is 18.5 Å². The molecule has 2 aliphatic rings. The minimum absolute atomic E-state index is 0.0318. The molecule has 0 aliphatic carbocycles. The van der Waals surface area contributed by atoms with Gasteiger partial charge in [0.15, 0.2) is 0 Å². The van der Waals surface area contributed by atoms with E-state index in [1.807, 2.05) is 9.80 Å². The molecule has 1 aromatic rings. The fraction of sp³-hybridized carbons (Fsp3) is 0.579. The Bertz CT molecular complexity index is 586. The van der Waals surface area contributed by atoms with Crippen LogP contribution in [0.1, 0.15) is 43.0 Å². The molecule has 2 amide bonds. The topological polar surface area (TPSA) is 40.6 Å². The zero-order valence-electron chi connectivity index (χ0n) is 14.2. The summed E-state index contributed by atoms with van der Waals surface area (Å²) < 4.78 is 0. The lowest BCUT2D eigenvalue weighted by Crippen LogP contribution is -2.46. The van der Waals surface area contributed by atoms with Crippen LogP contribution in [0.3, 0.4) is 0 Å². The molecule has 130 valence electrons. The van der Waals surface area contributed by atoms with Crippen molar-refractivity contribution in [1.29, 1.82) is 0 Å². The van der Waals surface area contributed by atoms with Gasteiger partial charge in [-0.15, -0.1) is 0 Å². The molecule has 0 unspecified atom stereocenters. The molecule has 0 bridgehead atoms. The van der Waals surface area contributed by atoms with Crippen LogP contribution in [-0.4, -0.2) is 47.8 Å². The maximum absolute atomic E-state index is 12.7. The summed E-state index contributed by atoms with van der Waals surface area (Å²) in [7, 11) is 0. The van der Waals surface area contributed by atoms with Crippen molar-refractivity contribution in [3.8, 4) is 0 Å². The SMILES string of the molecule is CC1CCN(C(=O)C2CCN(C(=O)c3ccc(Cl)cc3)CC2)CC1. The fourth-order valence-corrected chi connectivity index (χ4v) is 3.72. The minimum Gasteiger partial charge on any atom is -0.342 e. The first-order valence-corrected chi connectivity index (χ1v) is 9.26. The maximum Gasteiger partial charge on any atom is 0.253 e. The van der Waals surface area contributed by atoms with Gasteiger partial charge in [0.25, 0.3) is 5.91 Å².